The van der Waals surface area contributed by atoms with Gasteiger partial charge >= 0.3 is 18.5 Å². The average molecular weight is 814 g/mol. The maximum absolute atomic E-state index is 12.3. The largest absolute Gasteiger partial charge is 0.503 e. The van der Waals surface area contributed by atoms with E-state index in [2.05, 4.69) is 0 Å². The maximum atomic E-state index is 12.3. The summed E-state index contributed by atoms with van der Waals surface area (Å²) in [6, 6.07) is 2.78. The van der Waals surface area contributed by atoms with Crippen LogP contribution in [0.15, 0.2) is 51.2 Å². The molecule has 0 spiro atoms. The fraction of sp³-hybridized carbons (Fsp3) is 0.500. The molecule has 0 fully saturated rings. The molecule has 52 heavy (non-hydrogen) atoms. The first-order chi connectivity index (χ1) is 23.1. The number of nitrogens with zero attached hydrogens (tertiary/aromatic N) is 3. The third kappa shape index (κ3) is 17.0. The van der Waals surface area contributed by atoms with Crippen molar-refractivity contribution < 1.29 is 89.5 Å². The number of pyridine rings is 3. The second-order valence-corrected chi connectivity index (χ2v) is 12.3. The minimum atomic E-state index is -4.39. The van der Waals surface area contributed by atoms with Gasteiger partial charge in [-0.25, -0.2) is 0 Å². The summed E-state index contributed by atoms with van der Waals surface area (Å²) in [7, 11) is 10.3. The molecule has 22 heteroatoms. The van der Waals surface area contributed by atoms with Crippen molar-refractivity contribution >= 4 is 0 Å². The van der Waals surface area contributed by atoms with Crippen molar-refractivity contribution in [2.24, 2.45) is 0 Å². The van der Waals surface area contributed by atoms with E-state index in [-0.39, 0.29) is 56.6 Å². The number of aromatic nitrogens is 3. The van der Waals surface area contributed by atoms with Gasteiger partial charge in [0.15, 0.2) is 17.2 Å². The molecule has 0 saturated heterocycles. The van der Waals surface area contributed by atoms with Gasteiger partial charge in [-0.05, 0) is 0 Å². The van der Waals surface area contributed by atoms with Crippen molar-refractivity contribution in [3.05, 3.63) is 84.5 Å². The standard InChI is InChI=1S/3C10H13F3N2O2.Fe.2H2/c3*1-14(2)5-7-9(17)8(16)3-4-15(7)6-10(11,12)13;;;/h3*3-4,17H,5-6H2,1-2H3;;2*1H/p+3. The molecule has 0 aliphatic carbocycles. The minimum absolute atomic E-state index is 0. The number of aromatic hydroxyl groups is 3. The van der Waals surface area contributed by atoms with Crippen LogP contribution in [-0.2, 0) is 56.3 Å². The van der Waals surface area contributed by atoms with E-state index in [0.717, 1.165) is 65.2 Å². The van der Waals surface area contributed by atoms with E-state index in [1.807, 2.05) is 0 Å². The zero-order valence-electron chi connectivity index (χ0n) is 28.9. The first-order valence-corrected chi connectivity index (χ1v) is 14.9. The van der Waals surface area contributed by atoms with Crippen LogP contribution in [0.1, 0.15) is 19.9 Å². The fourth-order valence-electron chi connectivity index (χ4n) is 4.40. The van der Waals surface area contributed by atoms with Crippen molar-refractivity contribution in [1.82, 2.24) is 13.7 Å². The van der Waals surface area contributed by atoms with E-state index >= 15 is 0 Å². The average Bonchev–Trinajstić information content (AvgIpc) is 2.95. The summed E-state index contributed by atoms with van der Waals surface area (Å²) in [5.41, 5.74) is -2.02. The van der Waals surface area contributed by atoms with Gasteiger partial charge in [-0.3, -0.25) is 14.4 Å². The molecule has 3 aromatic heterocycles. The smallest absolute Gasteiger partial charge is 0.406 e. The molecule has 3 heterocycles. The quantitative estimate of drug-likeness (QED) is 0.131. The number of alkyl halides is 9. The molecule has 3 rings (SSSR count). The van der Waals surface area contributed by atoms with Crippen LogP contribution in [0.25, 0.3) is 0 Å². The molecule has 0 bridgehead atoms. The molecule has 0 saturated carbocycles. The van der Waals surface area contributed by atoms with Gasteiger partial charge in [-0.2, -0.15) is 39.5 Å². The molecular weight excluding hydrogens is 767 g/mol. The zero-order valence-corrected chi connectivity index (χ0v) is 30.0. The summed E-state index contributed by atoms with van der Waals surface area (Å²) in [5, 5.41) is 28.5. The zero-order chi connectivity index (χ0) is 39.6. The number of rotatable bonds is 9. The Balaban J connectivity index is -0.000000703. The maximum Gasteiger partial charge on any atom is 0.406 e. The number of quaternary nitrogens is 3. The third-order valence-electron chi connectivity index (χ3n) is 6.39. The topological polar surface area (TPSA) is 140 Å². The number of nitrogens with one attached hydrogen (secondary N) is 3. The van der Waals surface area contributed by atoms with Gasteiger partial charge in [-0.15, -0.1) is 0 Å². The van der Waals surface area contributed by atoms with Crippen LogP contribution in [0.3, 0.4) is 0 Å². The van der Waals surface area contributed by atoms with E-state index < -0.39 is 71.7 Å². The third-order valence-corrected chi connectivity index (χ3v) is 6.39. The van der Waals surface area contributed by atoms with Crippen molar-refractivity contribution in [3.8, 4) is 17.2 Å². The summed E-state index contributed by atoms with van der Waals surface area (Å²) in [6.45, 7) is -3.25. The molecular formula is C30H46F9FeN6O6+3. The molecule has 3 aromatic rings. The second-order valence-electron chi connectivity index (χ2n) is 12.3. The van der Waals surface area contributed by atoms with Crippen molar-refractivity contribution in [3.63, 3.8) is 0 Å². The van der Waals surface area contributed by atoms with E-state index in [0.29, 0.717) is 0 Å². The monoisotopic (exact) mass is 813 g/mol. The molecule has 0 aliphatic heterocycles. The predicted molar refractivity (Wildman–Crippen MR) is 169 cm³/mol. The van der Waals surface area contributed by atoms with E-state index in [1.165, 1.54) is 0 Å². The molecule has 12 nitrogen and oxygen atoms in total. The van der Waals surface area contributed by atoms with Crippen LogP contribution >= 0.6 is 0 Å². The Morgan fingerprint density at radius 2 is 0.692 bits per heavy atom. The molecule has 0 atom stereocenters. The molecule has 0 amide bonds. The normalized spacial score (nSPS) is 11.9. The number of halogens is 9. The molecule has 0 aromatic carbocycles. The molecule has 300 valence electrons. The van der Waals surface area contributed by atoms with Crippen LogP contribution in [0.2, 0.25) is 0 Å². The molecule has 0 unspecified atom stereocenters. The molecule has 6 N–H and O–H groups in total. The Labute approximate surface area is 305 Å². The summed E-state index contributed by atoms with van der Waals surface area (Å²) < 4.78 is 113. The number of hydrogen-bond donors (Lipinski definition) is 6. The van der Waals surface area contributed by atoms with Gasteiger partial charge in [0.25, 0.3) is 0 Å². The first-order valence-electron chi connectivity index (χ1n) is 14.9. The van der Waals surface area contributed by atoms with E-state index in [4.69, 9.17) is 0 Å². The van der Waals surface area contributed by atoms with Crippen LogP contribution in [0, 0.1) is 0 Å². The van der Waals surface area contributed by atoms with Crippen LogP contribution < -0.4 is 31.0 Å². The van der Waals surface area contributed by atoms with Gasteiger partial charge in [0.05, 0.1) is 42.3 Å². The van der Waals surface area contributed by atoms with Crippen molar-refractivity contribution in [1.29, 1.82) is 0 Å². The Hall–Kier alpha value is -3.98. The number of hydrogen-bond acceptors (Lipinski definition) is 6. The fourth-order valence-corrected chi connectivity index (χ4v) is 4.40. The van der Waals surface area contributed by atoms with Gasteiger partial charge in [0.1, 0.15) is 56.4 Å². The van der Waals surface area contributed by atoms with Gasteiger partial charge in [0, 0.05) is 56.7 Å². The molecule has 0 radical (unpaired) electrons. The Morgan fingerprint density at radius 3 is 0.846 bits per heavy atom. The minimum Gasteiger partial charge on any atom is -0.503 e. The van der Waals surface area contributed by atoms with Crippen molar-refractivity contribution in [2.45, 2.75) is 57.8 Å². The summed E-state index contributed by atoms with van der Waals surface area (Å²) in [4.78, 5) is 36.0. The van der Waals surface area contributed by atoms with Crippen LogP contribution in [0.4, 0.5) is 39.5 Å². The van der Waals surface area contributed by atoms with Gasteiger partial charge in [0.2, 0.25) is 16.3 Å². The van der Waals surface area contributed by atoms with E-state index in [9.17, 15) is 69.2 Å². The van der Waals surface area contributed by atoms with Crippen molar-refractivity contribution in [2.75, 3.05) is 42.3 Å². The Morgan fingerprint density at radius 1 is 0.500 bits per heavy atom. The SMILES string of the molecule is C[NH+](C)Cc1c(O)c(=O)ccn1CC(F)(F)F.C[NH+](C)Cc1c(O)c(=O)ccn1CC(F)(F)F.C[NH+](C)Cc1c(O)c(=O)ccn1CC(F)(F)F.[Fe].[HH].[HH]. The first kappa shape index (κ1) is 48.0. The van der Waals surface area contributed by atoms with Gasteiger partial charge in [-0.1, -0.05) is 0 Å². The summed E-state index contributed by atoms with van der Waals surface area (Å²) in [6.07, 6.45) is -10.0. The summed E-state index contributed by atoms with van der Waals surface area (Å²) >= 11 is 0. The van der Waals surface area contributed by atoms with Crippen LogP contribution in [-0.4, -0.2) is 89.8 Å². The molecule has 0 aliphatic rings. The Kier molecular flexibility index (Phi) is 18.2. The van der Waals surface area contributed by atoms with Crippen LogP contribution in [0.5, 0.6) is 17.2 Å². The Bertz CT molecular complexity index is 1580. The van der Waals surface area contributed by atoms with Gasteiger partial charge < -0.3 is 43.7 Å². The van der Waals surface area contributed by atoms with E-state index in [1.54, 1.807) is 42.3 Å². The predicted octanol–water partition coefficient (Wildman–Crippen LogP) is -0.228. The summed E-state index contributed by atoms with van der Waals surface area (Å²) in [5.74, 6) is -1.84. The second kappa shape index (κ2) is 19.7.